The number of hydrogen-bond acceptors (Lipinski definition) is 5. The highest BCUT2D eigenvalue weighted by atomic mass is 15.4. The standard InChI is InChI=1S/C15H22N6/c1-19(2)13-6-8-20(11-13)9-10-21-12-15(17-18-21)14-5-3-4-7-16-14/h3-5,7,12-13H,6,8-11H2,1-2H3. The quantitative estimate of drug-likeness (QED) is 0.820. The van der Waals surface area contributed by atoms with Gasteiger partial charge in [0.2, 0.25) is 0 Å². The van der Waals surface area contributed by atoms with Crippen molar-refractivity contribution < 1.29 is 0 Å². The molecule has 0 radical (unpaired) electrons. The molecule has 6 heteroatoms. The summed E-state index contributed by atoms with van der Waals surface area (Å²) in [5, 5.41) is 8.40. The normalized spacial score (nSPS) is 19.5. The second-order valence-corrected chi connectivity index (χ2v) is 5.79. The highest BCUT2D eigenvalue weighted by Gasteiger charge is 2.23. The highest BCUT2D eigenvalue weighted by molar-refractivity contribution is 5.51. The summed E-state index contributed by atoms with van der Waals surface area (Å²) in [6, 6.07) is 6.51. The lowest BCUT2D eigenvalue weighted by molar-refractivity contribution is 0.260. The molecule has 112 valence electrons. The Balaban J connectivity index is 1.54. The molecule has 0 N–H and O–H groups in total. The molecule has 2 aromatic rings. The molecule has 0 aliphatic carbocycles. The van der Waals surface area contributed by atoms with Gasteiger partial charge >= 0.3 is 0 Å². The van der Waals surface area contributed by atoms with Crippen molar-refractivity contribution >= 4 is 0 Å². The molecule has 0 amide bonds. The summed E-state index contributed by atoms with van der Waals surface area (Å²) >= 11 is 0. The summed E-state index contributed by atoms with van der Waals surface area (Å²) in [5.74, 6) is 0. The van der Waals surface area contributed by atoms with Crippen molar-refractivity contribution in [1.29, 1.82) is 0 Å². The second-order valence-electron chi connectivity index (χ2n) is 5.79. The van der Waals surface area contributed by atoms with Crippen molar-refractivity contribution in [2.75, 3.05) is 33.7 Å². The van der Waals surface area contributed by atoms with E-state index in [4.69, 9.17) is 0 Å². The summed E-state index contributed by atoms with van der Waals surface area (Å²) in [5.41, 5.74) is 1.71. The first-order valence-electron chi connectivity index (χ1n) is 7.42. The van der Waals surface area contributed by atoms with E-state index in [-0.39, 0.29) is 0 Å². The van der Waals surface area contributed by atoms with Gasteiger partial charge in [-0.05, 0) is 39.2 Å². The monoisotopic (exact) mass is 286 g/mol. The summed E-state index contributed by atoms with van der Waals surface area (Å²) < 4.78 is 1.91. The van der Waals surface area contributed by atoms with E-state index in [2.05, 4.69) is 39.2 Å². The van der Waals surface area contributed by atoms with Gasteiger partial charge in [0.25, 0.3) is 0 Å². The fourth-order valence-corrected chi connectivity index (χ4v) is 2.72. The van der Waals surface area contributed by atoms with E-state index in [1.807, 2.05) is 29.1 Å². The maximum Gasteiger partial charge on any atom is 0.131 e. The van der Waals surface area contributed by atoms with E-state index in [1.54, 1.807) is 6.20 Å². The van der Waals surface area contributed by atoms with Crippen molar-refractivity contribution in [3.8, 4) is 11.4 Å². The third-order valence-electron chi connectivity index (χ3n) is 4.09. The van der Waals surface area contributed by atoms with E-state index >= 15 is 0 Å². The molecule has 6 nitrogen and oxygen atoms in total. The van der Waals surface area contributed by atoms with Gasteiger partial charge in [-0.25, -0.2) is 0 Å². The van der Waals surface area contributed by atoms with E-state index in [9.17, 15) is 0 Å². The third-order valence-corrected chi connectivity index (χ3v) is 4.09. The number of likely N-dealkylation sites (N-methyl/N-ethyl adjacent to an activating group) is 1. The lowest BCUT2D eigenvalue weighted by Gasteiger charge is -2.20. The van der Waals surface area contributed by atoms with E-state index in [0.717, 1.165) is 31.0 Å². The number of pyridine rings is 1. The molecule has 1 unspecified atom stereocenters. The molecule has 3 heterocycles. The first kappa shape index (κ1) is 14.2. The van der Waals surface area contributed by atoms with Gasteiger partial charge in [-0.15, -0.1) is 5.10 Å². The van der Waals surface area contributed by atoms with Gasteiger partial charge in [0.1, 0.15) is 5.69 Å². The average Bonchev–Trinajstić information content (AvgIpc) is 3.15. The van der Waals surface area contributed by atoms with Crippen molar-refractivity contribution in [2.45, 2.75) is 19.0 Å². The Bertz CT molecular complexity index is 565. The molecule has 2 aromatic heterocycles. The molecule has 1 aliphatic rings. The summed E-state index contributed by atoms with van der Waals surface area (Å²) in [7, 11) is 4.31. The van der Waals surface area contributed by atoms with Crippen molar-refractivity contribution in [2.24, 2.45) is 0 Å². The Morgan fingerprint density at radius 3 is 2.86 bits per heavy atom. The molecule has 1 saturated heterocycles. The Kier molecular flexibility index (Phi) is 4.26. The smallest absolute Gasteiger partial charge is 0.131 e. The maximum atomic E-state index is 4.30. The van der Waals surface area contributed by atoms with Gasteiger partial charge in [0.15, 0.2) is 0 Å². The van der Waals surface area contributed by atoms with Crippen LogP contribution in [0, 0.1) is 0 Å². The molecule has 0 aromatic carbocycles. The van der Waals surface area contributed by atoms with Crippen LogP contribution in [0.4, 0.5) is 0 Å². The first-order chi connectivity index (χ1) is 10.2. The fourth-order valence-electron chi connectivity index (χ4n) is 2.72. The van der Waals surface area contributed by atoms with Crippen LogP contribution in [0.1, 0.15) is 6.42 Å². The molecule has 1 fully saturated rings. The first-order valence-corrected chi connectivity index (χ1v) is 7.42. The van der Waals surface area contributed by atoms with Crippen molar-refractivity contribution in [3.63, 3.8) is 0 Å². The number of likely N-dealkylation sites (tertiary alicyclic amines) is 1. The molecule has 3 rings (SSSR count). The summed E-state index contributed by atoms with van der Waals surface area (Å²) in [6.07, 6.45) is 5.01. The fraction of sp³-hybridized carbons (Fsp3) is 0.533. The summed E-state index contributed by atoms with van der Waals surface area (Å²) in [4.78, 5) is 9.10. The average molecular weight is 286 g/mol. The minimum Gasteiger partial charge on any atom is -0.305 e. The van der Waals surface area contributed by atoms with E-state index in [1.165, 1.54) is 13.0 Å². The molecule has 0 bridgehead atoms. The van der Waals surface area contributed by atoms with Crippen LogP contribution >= 0.6 is 0 Å². The van der Waals surface area contributed by atoms with E-state index in [0.29, 0.717) is 6.04 Å². The van der Waals surface area contributed by atoms with E-state index < -0.39 is 0 Å². The molecule has 0 saturated carbocycles. The molecule has 1 atom stereocenters. The van der Waals surface area contributed by atoms with Crippen LogP contribution in [-0.4, -0.2) is 69.5 Å². The Morgan fingerprint density at radius 1 is 1.24 bits per heavy atom. The number of nitrogens with zero attached hydrogens (tertiary/aromatic N) is 6. The zero-order chi connectivity index (χ0) is 14.7. The Morgan fingerprint density at radius 2 is 2.14 bits per heavy atom. The van der Waals surface area contributed by atoms with Gasteiger partial charge in [-0.3, -0.25) is 14.6 Å². The predicted octanol–water partition coefficient (Wildman–Crippen LogP) is 0.976. The molecule has 1 aliphatic heterocycles. The highest BCUT2D eigenvalue weighted by Crippen LogP contribution is 2.14. The van der Waals surface area contributed by atoms with Gasteiger partial charge in [0, 0.05) is 25.3 Å². The minimum atomic E-state index is 0.685. The SMILES string of the molecule is CN(C)C1CCN(CCn2cc(-c3ccccn3)nn2)C1. The van der Waals surface area contributed by atoms with Crippen LogP contribution in [0.3, 0.4) is 0 Å². The van der Waals surface area contributed by atoms with Crippen LogP contribution in [0.5, 0.6) is 0 Å². The Hall–Kier alpha value is -1.79. The van der Waals surface area contributed by atoms with Crippen molar-refractivity contribution in [3.05, 3.63) is 30.6 Å². The maximum absolute atomic E-state index is 4.30. The minimum absolute atomic E-state index is 0.685. The molecule has 21 heavy (non-hydrogen) atoms. The number of hydrogen-bond donors (Lipinski definition) is 0. The lowest BCUT2D eigenvalue weighted by atomic mass is 10.2. The van der Waals surface area contributed by atoms with Crippen LogP contribution in [0.25, 0.3) is 11.4 Å². The second kappa shape index (κ2) is 6.32. The van der Waals surface area contributed by atoms with Crippen LogP contribution in [0.15, 0.2) is 30.6 Å². The van der Waals surface area contributed by atoms with Gasteiger partial charge < -0.3 is 4.90 Å². The third kappa shape index (κ3) is 3.46. The van der Waals surface area contributed by atoms with Crippen molar-refractivity contribution in [1.82, 2.24) is 29.8 Å². The lowest BCUT2D eigenvalue weighted by Crippen LogP contribution is -2.32. The molecular weight excluding hydrogens is 264 g/mol. The zero-order valence-corrected chi connectivity index (χ0v) is 12.7. The summed E-state index contributed by atoms with van der Waals surface area (Å²) in [6.45, 7) is 4.22. The van der Waals surface area contributed by atoms with Gasteiger partial charge in [0.05, 0.1) is 18.4 Å². The van der Waals surface area contributed by atoms with Crippen LogP contribution in [0.2, 0.25) is 0 Å². The topological polar surface area (TPSA) is 50.1 Å². The zero-order valence-electron chi connectivity index (χ0n) is 12.7. The predicted molar refractivity (Wildman–Crippen MR) is 81.8 cm³/mol. The largest absolute Gasteiger partial charge is 0.305 e. The Labute approximate surface area is 125 Å². The molecule has 0 spiro atoms. The number of aromatic nitrogens is 4. The van der Waals surface area contributed by atoms with Crippen LogP contribution in [-0.2, 0) is 6.54 Å². The number of rotatable bonds is 5. The van der Waals surface area contributed by atoms with Crippen LogP contribution < -0.4 is 0 Å². The molecular formula is C15H22N6. The van der Waals surface area contributed by atoms with Gasteiger partial charge in [-0.1, -0.05) is 11.3 Å². The van der Waals surface area contributed by atoms with Gasteiger partial charge in [-0.2, -0.15) is 0 Å².